The van der Waals surface area contributed by atoms with Gasteiger partial charge in [-0.05, 0) is 31.6 Å². The molecule has 0 aromatic carbocycles. The lowest BCUT2D eigenvalue weighted by atomic mass is 9.80. The molecule has 2 atom stereocenters. The molecule has 2 N–H and O–H groups in total. The Morgan fingerprint density at radius 3 is 2.64 bits per heavy atom. The van der Waals surface area contributed by atoms with Crippen LogP contribution in [0.4, 0.5) is 0 Å². The zero-order valence-corrected chi connectivity index (χ0v) is 7.80. The van der Waals surface area contributed by atoms with Crippen molar-refractivity contribution in [3.05, 3.63) is 11.6 Å². The van der Waals surface area contributed by atoms with Gasteiger partial charge in [0.25, 0.3) is 0 Å². The molecule has 0 aromatic heterocycles. The lowest BCUT2D eigenvalue weighted by Crippen LogP contribution is -2.27. The first kappa shape index (κ1) is 8.79. The standard InChI is InChI=1S/C10H19N/c1-7(2)9-4-8(3)5-10(11)6-9/h5,7,9-10H,4,6,11H2,1-3H3. The van der Waals surface area contributed by atoms with Crippen LogP contribution in [0, 0.1) is 11.8 Å². The van der Waals surface area contributed by atoms with Gasteiger partial charge in [-0.1, -0.05) is 25.5 Å². The van der Waals surface area contributed by atoms with Crippen molar-refractivity contribution < 1.29 is 0 Å². The molecule has 1 aliphatic carbocycles. The summed E-state index contributed by atoms with van der Waals surface area (Å²) in [5.41, 5.74) is 7.35. The minimum Gasteiger partial charge on any atom is -0.324 e. The Kier molecular flexibility index (Phi) is 2.72. The average Bonchev–Trinajstić information content (AvgIpc) is 1.85. The summed E-state index contributed by atoms with van der Waals surface area (Å²) < 4.78 is 0. The van der Waals surface area contributed by atoms with E-state index in [0.29, 0.717) is 6.04 Å². The van der Waals surface area contributed by atoms with E-state index >= 15 is 0 Å². The molecule has 0 spiro atoms. The smallest absolute Gasteiger partial charge is 0.0229 e. The van der Waals surface area contributed by atoms with Crippen LogP contribution in [-0.2, 0) is 0 Å². The van der Waals surface area contributed by atoms with Gasteiger partial charge >= 0.3 is 0 Å². The molecule has 0 saturated carbocycles. The fourth-order valence-corrected chi connectivity index (χ4v) is 1.86. The van der Waals surface area contributed by atoms with Crippen LogP contribution in [0.25, 0.3) is 0 Å². The summed E-state index contributed by atoms with van der Waals surface area (Å²) in [6, 6.07) is 0.316. The van der Waals surface area contributed by atoms with Gasteiger partial charge in [-0.3, -0.25) is 0 Å². The number of hydrogen-bond acceptors (Lipinski definition) is 1. The van der Waals surface area contributed by atoms with Gasteiger partial charge < -0.3 is 5.73 Å². The molecule has 0 heterocycles. The van der Waals surface area contributed by atoms with Crippen LogP contribution in [0.3, 0.4) is 0 Å². The van der Waals surface area contributed by atoms with Gasteiger partial charge in [-0.2, -0.15) is 0 Å². The van der Waals surface area contributed by atoms with E-state index in [4.69, 9.17) is 5.73 Å². The molecule has 0 bridgehead atoms. The van der Waals surface area contributed by atoms with E-state index in [1.165, 1.54) is 18.4 Å². The third kappa shape index (κ3) is 2.33. The van der Waals surface area contributed by atoms with Crippen molar-refractivity contribution in [2.24, 2.45) is 17.6 Å². The van der Waals surface area contributed by atoms with E-state index < -0.39 is 0 Å². The summed E-state index contributed by atoms with van der Waals surface area (Å²) in [6.45, 7) is 6.76. The lowest BCUT2D eigenvalue weighted by molar-refractivity contribution is 0.331. The SMILES string of the molecule is CC1=CC(N)CC(C(C)C)C1. The number of allylic oxidation sites excluding steroid dienone is 1. The zero-order chi connectivity index (χ0) is 8.43. The Morgan fingerprint density at radius 1 is 1.55 bits per heavy atom. The fraction of sp³-hybridized carbons (Fsp3) is 0.800. The molecule has 0 aliphatic heterocycles. The molecule has 1 nitrogen and oxygen atoms in total. The molecule has 11 heavy (non-hydrogen) atoms. The van der Waals surface area contributed by atoms with Crippen LogP contribution in [-0.4, -0.2) is 6.04 Å². The van der Waals surface area contributed by atoms with Crippen LogP contribution < -0.4 is 5.73 Å². The van der Waals surface area contributed by atoms with Crippen LogP contribution in [0.15, 0.2) is 11.6 Å². The molecule has 0 radical (unpaired) electrons. The maximum atomic E-state index is 5.88. The van der Waals surface area contributed by atoms with E-state index in [2.05, 4.69) is 26.8 Å². The molecule has 0 amide bonds. The van der Waals surface area contributed by atoms with E-state index in [0.717, 1.165) is 11.8 Å². The summed E-state index contributed by atoms with van der Waals surface area (Å²) in [6.07, 6.45) is 4.64. The third-order valence-electron chi connectivity index (χ3n) is 2.60. The fourth-order valence-electron chi connectivity index (χ4n) is 1.86. The first-order chi connectivity index (χ1) is 5.09. The van der Waals surface area contributed by atoms with Crippen molar-refractivity contribution in [2.45, 2.75) is 39.7 Å². The topological polar surface area (TPSA) is 26.0 Å². The Balaban J connectivity index is 2.57. The molecule has 2 unspecified atom stereocenters. The summed E-state index contributed by atoms with van der Waals surface area (Å²) in [5, 5.41) is 0. The highest BCUT2D eigenvalue weighted by Crippen LogP contribution is 2.28. The molecule has 1 heteroatoms. The highest BCUT2D eigenvalue weighted by atomic mass is 14.6. The molecule has 0 saturated heterocycles. The Hall–Kier alpha value is -0.300. The van der Waals surface area contributed by atoms with Gasteiger partial charge in [0.05, 0.1) is 0 Å². The highest BCUT2D eigenvalue weighted by molar-refractivity contribution is 5.09. The number of hydrogen-bond donors (Lipinski definition) is 1. The van der Waals surface area contributed by atoms with E-state index in [1.54, 1.807) is 0 Å². The molecular formula is C10H19N. The molecule has 0 fully saturated rings. The predicted molar refractivity (Wildman–Crippen MR) is 49.3 cm³/mol. The number of rotatable bonds is 1. The Labute approximate surface area is 69.7 Å². The van der Waals surface area contributed by atoms with Crippen molar-refractivity contribution in [3.63, 3.8) is 0 Å². The molecular weight excluding hydrogens is 134 g/mol. The summed E-state index contributed by atoms with van der Waals surface area (Å²) in [7, 11) is 0. The zero-order valence-electron chi connectivity index (χ0n) is 7.80. The van der Waals surface area contributed by atoms with Gasteiger partial charge in [-0.25, -0.2) is 0 Å². The molecule has 1 rings (SSSR count). The Bertz CT molecular complexity index is 158. The largest absolute Gasteiger partial charge is 0.324 e. The molecule has 0 aromatic rings. The monoisotopic (exact) mass is 153 g/mol. The van der Waals surface area contributed by atoms with E-state index in [-0.39, 0.29) is 0 Å². The quantitative estimate of drug-likeness (QED) is 0.575. The van der Waals surface area contributed by atoms with E-state index in [1.807, 2.05) is 0 Å². The van der Waals surface area contributed by atoms with Crippen molar-refractivity contribution >= 4 is 0 Å². The van der Waals surface area contributed by atoms with Gasteiger partial charge in [0.1, 0.15) is 0 Å². The van der Waals surface area contributed by atoms with Crippen LogP contribution in [0.2, 0.25) is 0 Å². The van der Waals surface area contributed by atoms with Crippen molar-refractivity contribution in [3.8, 4) is 0 Å². The first-order valence-corrected chi connectivity index (χ1v) is 4.52. The highest BCUT2D eigenvalue weighted by Gasteiger charge is 2.20. The summed E-state index contributed by atoms with van der Waals surface area (Å²) in [5.74, 6) is 1.60. The van der Waals surface area contributed by atoms with Gasteiger partial charge in [-0.15, -0.1) is 0 Å². The van der Waals surface area contributed by atoms with Crippen LogP contribution >= 0.6 is 0 Å². The van der Waals surface area contributed by atoms with Gasteiger partial charge in [0.2, 0.25) is 0 Å². The first-order valence-electron chi connectivity index (χ1n) is 4.52. The number of nitrogens with two attached hydrogens (primary N) is 1. The second-order valence-electron chi connectivity index (χ2n) is 4.12. The third-order valence-corrected chi connectivity index (χ3v) is 2.60. The van der Waals surface area contributed by atoms with Gasteiger partial charge in [0, 0.05) is 6.04 Å². The second-order valence-corrected chi connectivity index (χ2v) is 4.12. The van der Waals surface area contributed by atoms with Crippen LogP contribution in [0.5, 0.6) is 0 Å². The van der Waals surface area contributed by atoms with Gasteiger partial charge in [0.15, 0.2) is 0 Å². The molecule has 64 valence electrons. The van der Waals surface area contributed by atoms with Crippen molar-refractivity contribution in [1.29, 1.82) is 0 Å². The van der Waals surface area contributed by atoms with Crippen LogP contribution in [0.1, 0.15) is 33.6 Å². The van der Waals surface area contributed by atoms with Crippen molar-refractivity contribution in [1.82, 2.24) is 0 Å². The minimum atomic E-state index is 0.316. The maximum absolute atomic E-state index is 5.88. The molecule has 1 aliphatic rings. The lowest BCUT2D eigenvalue weighted by Gasteiger charge is -2.28. The second kappa shape index (κ2) is 3.40. The van der Waals surface area contributed by atoms with E-state index in [9.17, 15) is 0 Å². The minimum absolute atomic E-state index is 0.316. The van der Waals surface area contributed by atoms with Crippen molar-refractivity contribution in [2.75, 3.05) is 0 Å². The normalized spacial score (nSPS) is 32.3. The summed E-state index contributed by atoms with van der Waals surface area (Å²) >= 11 is 0. The predicted octanol–water partition coefficient (Wildman–Crippen LogP) is 2.33. The maximum Gasteiger partial charge on any atom is 0.0229 e. The average molecular weight is 153 g/mol. The summed E-state index contributed by atoms with van der Waals surface area (Å²) in [4.78, 5) is 0. The Morgan fingerprint density at radius 2 is 2.18 bits per heavy atom.